The maximum absolute atomic E-state index is 13.0. The summed E-state index contributed by atoms with van der Waals surface area (Å²) in [6, 6.07) is 7.65. The van der Waals surface area contributed by atoms with Crippen LogP contribution < -0.4 is 0 Å². The van der Waals surface area contributed by atoms with E-state index in [1.165, 1.54) is 0 Å². The largest absolute Gasteiger partial charge is 0.465 e. The predicted octanol–water partition coefficient (Wildman–Crippen LogP) is 3.17. The number of carbonyl (C=O) groups excluding carboxylic acids is 2. The number of nitrogens with zero attached hydrogens (tertiary/aromatic N) is 1. The van der Waals surface area contributed by atoms with Crippen LogP contribution in [0.2, 0.25) is 0 Å². The molecule has 1 aromatic carbocycles. The summed E-state index contributed by atoms with van der Waals surface area (Å²) in [5.74, 6) is 0.607. The van der Waals surface area contributed by atoms with Gasteiger partial charge in [-0.3, -0.25) is 14.5 Å². The third kappa shape index (κ3) is 7.74. The van der Waals surface area contributed by atoms with Crippen molar-refractivity contribution in [2.75, 3.05) is 45.3 Å². The molecule has 0 spiro atoms. The summed E-state index contributed by atoms with van der Waals surface area (Å²) >= 11 is 1.60. The molecular weight excluding hydrogens is 390 g/mol. The quantitative estimate of drug-likeness (QED) is 0.239. The molecule has 1 N–H and O–H groups in total. The van der Waals surface area contributed by atoms with Gasteiger partial charge in [-0.05, 0) is 38.8 Å². The number of aliphatic hydroxyl groups is 1. The van der Waals surface area contributed by atoms with E-state index in [2.05, 4.69) is 4.90 Å². The highest BCUT2D eigenvalue weighted by molar-refractivity contribution is 7.99. The van der Waals surface area contributed by atoms with Crippen LogP contribution in [-0.2, 0) is 14.3 Å². The minimum absolute atomic E-state index is 0.117. The zero-order valence-corrected chi connectivity index (χ0v) is 18.3. The zero-order chi connectivity index (χ0) is 21.1. The molecule has 0 aromatic heterocycles. The van der Waals surface area contributed by atoms with Crippen LogP contribution in [0.3, 0.4) is 0 Å². The Balaban J connectivity index is 1.74. The molecule has 29 heavy (non-hydrogen) atoms. The number of unbranched alkanes of at least 4 members (excludes halogenated alkanes) is 2. The molecule has 0 saturated carbocycles. The van der Waals surface area contributed by atoms with Crippen molar-refractivity contribution in [3.05, 3.63) is 29.8 Å². The lowest BCUT2D eigenvalue weighted by Gasteiger charge is -2.39. The number of benzene rings is 1. The Kier molecular flexibility index (Phi) is 10.1. The van der Waals surface area contributed by atoms with Crippen LogP contribution in [0.1, 0.15) is 49.9 Å². The van der Waals surface area contributed by atoms with Crippen LogP contribution >= 0.6 is 11.8 Å². The molecule has 1 fully saturated rings. The molecule has 1 saturated heterocycles. The van der Waals surface area contributed by atoms with Crippen molar-refractivity contribution in [1.82, 2.24) is 4.90 Å². The number of carbonyl (C=O) groups is 2. The first-order valence-electron chi connectivity index (χ1n) is 10.3. The van der Waals surface area contributed by atoms with Gasteiger partial charge in [-0.15, -0.1) is 11.8 Å². The lowest BCUT2D eigenvalue weighted by atomic mass is 9.91. The van der Waals surface area contributed by atoms with Crippen molar-refractivity contribution < 1.29 is 24.2 Å². The van der Waals surface area contributed by atoms with Gasteiger partial charge in [-0.1, -0.05) is 18.6 Å². The fraction of sp³-hybridized carbons (Fsp3) is 0.636. The number of thioether (sulfide) groups is 1. The first kappa shape index (κ1) is 23.9. The Bertz CT molecular complexity index is 641. The van der Waals surface area contributed by atoms with Crippen molar-refractivity contribution in [1.29, 1.82) is 0 Å². The molecule has 1 aliphatic rings. The Hall–Kier alpha value is -1.41. The van der Waals surface area contributed by atoms with Gasteiger partial charge < -0.3 is 14.6 Å². The van der Waals surface area contributed by atoms with Gasteiger partial charge in [0.1, 0.15) is 6.61 Å². The number of morpholine rings is 1. The zero-order valence-electron chi connectivity index (χ0n) is 17.5. The summed E-state index contributed by atoms with van der Waals surface area (Å²) in [5.41, 5.74) is 0.157. The van der Waals surface area contributed by atoms with Crippen LogP contribution in [0.5, 0.6) is 0 Å². The molecule has 0 atom stereocenters. The fourth-order valence-electron chi connectivity index (χ4n) is 3.27. The molecule has 162 valence electrons. The summed E-state index contributed by atoms with van der Waals surface area (Å²) < 4.78 is 10.6. The van der Waals surface area contributed by atoms with Crippen molar-refractivity contribution >= 4 is 23.5 Å². The lowest BCUT2D eigenvalue weighted by Crippen LogP contribution is -2.54. The average molecular weight is 424 g/mol. The number of rotatable bonds is 12. The minimum Gasteiger partial charge on any atom is -0.465 e. The highest BCUT2D eigenvalue weighted by Crippen LogP contribution is 2.24. The summed E-state index contributed by atoms with van der Waals surface area (Å²) in [7, 11) is 0. The summed E-state index contributed by atoms with van der Waals surface area (Å²) in [6.45, 7) is 7.36. The molecule has 0 unspecified atom stereocenters. The highest BCUT2D eigenvalue weighted by Gasteiger charge is 2.35. The SMILES string of the molecule is CC(C)(C(=O)c1ccc(SCCOC(=O)CCCCCO)cc1)N1CCOCC1. The Morgan fingerprint density at radius 2 is 1.83 bits per heavy atom. The first-order valence-corrected chi connectivity index (χ1v) is 11.3. The number of aliphatic hydroxyl groups excluding tert-OH is 1. The third-order valence-corrected chi connectivity index (χ3v) is 6.10. The van der Waals surface area contributed by atoms with Gasteiger partial charge in [0.15, 0.2) is 5.78 Å². The van der Waals surface area contributed by atoms with Crippen molar-refractivity contribution in [3.8, 4) is 0 Å². The Labute approximate surface area is 177 Å². The summed E-state index contributed by atoms with van der Waals surface area (Å²) in [6.07, 6.45) is 2.72. The van der Waals surface area contributed by atoms with E-state index in [0.717, 1.165) is 37.2 Å². The maximum atomic E-state index is 13.0. The number of hydrogen-bond donors (Lipinski definition) is 1. The molecule has 7 heteroatoms. The van der Waals surface area contributed by atoms with Crippen LogP contribution in [0.4, 0.5) is 0 Å². The second-order valence-corrected chi connectivity index (χ2v) is 8.78. The molecule has 0 aliphatic carbocycles. The number of esters is 1. The average Bonchev–Trinajstić information content (AvgIpc) is 2.75. The molecule has 0 bridgehead atoms. The van der Waals surface area contributed by atoms with Crippen LogP contribution in [0.15, 0.2) is 29.2 Å². The summed E-state index contributed by atoms with van der Waals surface area (Å²) in [5, 5.41) is 8.72. The fourth-order valence-corrected chi connectivity index (χ4v) is 4.00. The second-order valence-electron chi connectivity index (χ2n) is 7.62. The Morgan fingerprint density at radius 3 is 2.48 bits per heavy atom. The number of hydrogen-bond acceptors (Lipinski definition) is 7. The predicted molar refractivity (Wildman–Crippen MR) is 114 cm³/mol. The van der Waals surface area contributed by atoms with Crippen LogP contribution in [0.25, 0.3) is 0 Å². The van der Waals surface area contributed by atoms with Crippen molar-refractivity contribution in [2.24, 2.45) is 0 Å². The molecule has 2 rings (SSSR count). The van der Waals surface area contributed by atoms with E-state index >= 15 is 0 Å². The smallest absolute Gasteiger partial charge is 0.305 e. The maximum Gasteiger partial charge on any atom is 0.305 e. The third-order valence-electron chi connectivity index (χ3n) is 5.13. The first-order chi connectivity index (χ1) is 13.9. The highest BCUT2D eigenvalue weighted by atomic mass is 32.2. The van der Waals surface area contributed by atoms with E-state index in [4.69, 9.17) is 14.6 Å². The van der Waals surface area contributed by atoms with E-state index in [9.17, 15) is 9.59 Å². The van der Waals surface area contributed by atoms with Gasteiger partial charge >= 0.3 is 5.97 Å². The van der Waals surface area contributed by atoms with E-state index in [1.807, 2.05) is 38.1 Å². The van der Waals surface area contributed by atoms with Crippen LogP contribution in [-0.4, -0.2) is 72.6 Å². The molecule has 0 amide bonds. The van der Waals surface area contributed by atoms with E-state index in [-0.39, 0.29) is 18.4 Å². The monoisotopic (exact) mass is 423 g/mol. The van der Waals surface area contributed by atoms with E-state index < -0.39 is 5.54 Å². The molecule has 0 radical (unpaired) electrons. The molecule has 1 aromatic rings. The van der Waals surface area contributed by atoms with Gasteiger partial charge in [-0.2, -0.15) is 0 Å². The second kappa shape index (κ2) is 12.3. The molecular formula is C22H33NO5S. The van der Waals surface area contributed by atoms with Gasteiger partial charge in [-0.25, -0.2) is 0 Å². The van der Waals surface area contributed by atoms with E-state index in [0.29, 0.717) is 37.6 Å². The Morgan fingerprint density at radius 1 is 1.14 bits per heavy atom. The molecule has 1 heterocycles. The van der Waals surface area contributed by atoms with Gasteiger partial charge in [0, 0.05) is 42.3 Å². The van der Waals surface area contributed by atoms with Gasteiger partial charge in [0.2, 0.25) is 0 Å². The molecule has 1 aliphatic heterocycles. The minimum atomic E-state index is -0.552. The van der Waals surface area contributed by atoms with Crippen molar-refractivity contribution in [3.63, 3.8) is 0 Å². The molecule has 6 nitrogen and oxygen atoms in total. The number of ether oxygens (including phenoxy) is 2. The van der Waals surface area contributed by atoms with Gasteiger partial charge in [0.05, 0.1) is 18.8 Å². The number of Topliss-reactive ketones (excluding diaryl/α,β-unsaturated/α-hetero) is 1. The lowest BCUT2D eigenvalue weighted by molar-refractivity contribution is -0.143. The van der Waals surface area contributed by atoms with Crippen LogP contribution in [0, 0.1) is 0 Å². The normalized spacial score (nSPS) is 15.3. The van der Waals surface area contributed by atoms with Crippen molar-refractivity contribution in [2.45, 2.75) is 50.0 Å². The number of ketones is 1. The topological polar surface area (TPSA) is 76.1 Å². The van der Waals surface area contributed by atoms with Gasteiger partial charge in [0.25, 0.3) is 0 Å². The summed E-state index contributed by atoms with van der Waals surface area (Å²) in [4.78, 5) is 27.8. The van der Waals surface area contributed by atoms with E-state index in [1.54, 1.807) is 11.8 Å². The standard InChI is InChI=1S/C22H33NO5S/c1-22(2,23-11-14-27-15-12-23)21(26)18-7-9-19(10-8-18)29-17-16-28-20(25)6-4-3-5-13-24/h7-10,24H,3-6,11-17H2,1-2H3.